The van der Waals surface area contributed by atoms with Crippen LogP contribution in [0.15, 0.2) is 63.5 Å². The molecule has 11 heteroatoms. The summed E-state index contributed by atoms with van der Waals surface area (Å²) in [6.45, 7) is 5.53. The molecule has 3 aromatic rings. The number of carbonyl (C=O) groups is 2. The van der Waals surface area contributed by atoms with E-state index in [9.17, 15) is 14.4 Å². The third-order valence-corrected chi connectivity index (χ3v) is 6.84. The fourth-order valence-electron chi connectivity index (χ4n) is 4.20. The van der Waals surface area contributed by atoms with Crippen LogP contribution in [0.3, 0.4) is 0 Å². The van der Waals surface area contributed by atoms with Crippen molar-refractivity contribution in [2.75, 3.05) is 26.9 Å². The average Bonchev–Trinajstić information content (AvgIpc) is 3.21. The summed E-state index contributed by atoms with van der Waals surface area (Å²) < 4.78 is 23.4. The molecule has 1 aliphatic heterocycles. The molecule has 10 nitrogen and oxygen atoms in total. The molecule has 2 aromatic carbocycles. The van der Waals surface area contributed by atoms with E-state index in [0.29, 0.717) is 49.8 Å². The summed E-state index contributed by atoms with van der Waals surface area (Å²) in [5.74, 6) is -0.374. The maximum Gasteiger partial charge on any atom is 0.341 e. The fraction of sp³-hybridized carbons (Fsp3) is 0.286. The highest BCUT2D eigenvalue weighted by atomic mass is 32.1. The van der Waals surface area contributed by atoms with E-state index in [4.69, 9.17) is 24.1 Å². The second-order valence-electron chi connectivity index (χ2n) is 8.40. The van der Waals surface area contributed by atoms with Crippen LogP contribution in [0.25, 0.3) is 6.08 Å². The van der Waals surface area contributed by atoms with E-state index >= 15 is 0 Å². The third-order valence-electron chi connectivity index (χ3n) is 5.86. The molecule has 1 N–H and O–H groups in total. The molecule has 0 unspecified atom stereocenters. The van der Waals surface area contributed by atoms with Gasteiger partial charge in [0.2, 0.25) is 0 Å². The first-order chi connectivity index (χ1) is 18.8. The van der Waals surface area contributed by atoms with Crippen molar-refractivity contribution in [2.45, 2.75) is 26.8 Å². The number of allylic oxidation sites excluding steroid dienone is 1. The first-order valence-electron chi connectivity index (χ1n) is 12.2. The smallest absolute Gasteiger partial charge is 0.341 e. The Bertz CT molecular complexity index is 1600. The van der Waals surface area contributed by atoms with Crippen LogP contribution in [0, 0.1) is 0 Å². The standard InChI is InChI=1S/C28H28N2O8S/c1-5-36-19-10-8-18(9-11-19)25-24(27(34)37-6-2)16(3)29-28-30(25)26(33)22(39-28)14-17-7-12-20(21(13-17)35-4)38-15-23(31)32/h7-14,25H,5-6,15H2,1-4H3,(H,31,32)/b22-14+/t25-/m0/s1. The number of hydrogen-bond donors (Lipinski definition) is 1. The molecule has 39 heavy (non-hydrogen) atoms. The highest BCUT2D eigenvalue weighted by Gasteiger charge is 2.33. The highest BCUT2D eigenvalue weighted by molar-refractivity contribution is 7.07. The number of nitrogens with zero attached hydrogens (tertiary/aromatic N) is 2. The van der Waals surface area contributed by atoms with Crippen molar-refractivity contribution in [3.8, 4) is 17.2 Å². The molecule has 1 aromatic heterocycles. The zero-order chi connectivity index (χ0) is 28.1. The van der Waals surface area contributed by atoms with Crippen molar-refractivity contribution in [1.82, 2.24) is 4.57 Å². The van der Waals surface area contributed by atoms with E-state index < -0.39 is 24.6 Å². The predicted octanol–water partition coefficient (Wildman–Crippen LogP) is 2.67. The Morgan fingerprint density at radius 1 is 1.08 bits per heavy atom. The van der Waals surface area contributed by atoms with Gasteiger partial charge in [0.15, 0.2) is 22.9 Å². The molecule has 0 bridgehead atoms. The minimum Gasteiger partial charge on any atom is -0.494 e. The number of aliphatic carboxylic acids is 1. The fourth-order valence-corrected chi connectivity index (χ4v) is 5.25. The molecule has 0 spiro atoms. The molecule has 1 aliphatic rings. The summed E-state index contributed by atoms with van der Waals surface area (Å²) in [6.07, 6.45) is 1.69. The lowest BCUT2D eigenvalue weighted by Gasteiger charge is -2.24. The predicted molar refractivity (Wildman–Crippen MR) is 144 cm³/mol. The highest BCUT2D eigenvalue weighted by Crippen LogP contribution is 2.32. The molecule has 4 rings (SSSR count). The minimum atomic E-state index is -1.11. The van der Waals surface area contributed by atoms with E-state index in [0.717, 1.165) is 0 Å². The number of hydrogen-bond acceptors (Lipinski definition) is 9. The summed E-state index contributed by atoms with van der Waals surface area (Å²) in [6, 6.07) is 11.4. The molecule has 1 atom stereocenters. The normalized spacial score (nSPS) is 14.9. The lowest BCUT2D eigenvalue weighted by Crippen LogP contribution is -2.39. The molecule has 0 aliphatic carbocycles. The topological polar surface area (TPSA) is 126 Å². The van der Waals surface area contributed by atoms with Gasteiger partial charge in [-0.1, -0.05) is 29.5 Å². The van der Waals surface area contributed by atoms with Crippen LogP contribution in [0.5, 0.6) is 17.2 Å². The Morgan fingerprint density at radius 2 is 1.82 bits per heavy atom. The molecular formula is C28H28N2O8S. The summed E-state index contributed by atoms with van der Waals surface area (Å²) in [7, 11) is 1.44. The minimum absolute atomic E-state index is 0.185. The Labute approximate surface area is 228 Å². The van der Waals surface area contributed by atoms with E-state index in [2.05, 4.69) is 4.99 Å². The van der Waals surface area contributed by atoms with Crippen molar-refractivity contribution in [3.05, 3.63) is 84.5 Å². The molecule has 204 valence electrons. The van der Waals surface area contributed by atoms with E-state index in [1.807, 2.05) is 19.1 Å². The Balaban J connectivity index is 1.83. The number of carboxylic acids is 1. The average molecular weight is 553 g/mol. The number of methoxy groups -OCH3 is 1. The van der Waals surface area contributed by atoms with Gasteiger partial charge >= 0.3 is 11.9 Å². The monoisotopic (exact) mass is 552 g/mol. The van der Waals surface area contributed by atoms with Crippen LogP contribution in [0.2, 0.25) is 0 Å². The van der Waals surface area contributed by atoms with Gasteiger partial charge in [0, 0.05) is 0 Å². The first kappa shape index (κ1) is 27.6. The number of carbonyl (C=O) groups excluding carboxylic acids is 1. The van der Waals surface area contributed by atoms with Crippen molar-refractivity contribution in [1.29, 1.82) is 0 Å². The van der Waals surface area contributed by atoms with Crippen LogP contribution in [0.4, 0.5) is 0 Å². The van der Waals surface area contributed by atoms with E-state index in [-0.39, 0.29) is 17.9 Å². The van der Waals surface area contributed by atoms with E-state index in [1.54, 1.807) is 50.3 Å². The molecule has 0 radical (unpaired) electrons. The zero-order valence-electron chi connectivity index (χ0n) is 21.9. The molecule has 0 saturated heterocycles. The summed E-state index contributed by atoms with van der Waals surface area (Å²) in [5, 5.41) is 8.89. The number of esters is 1. The second-order valence-corrected chi connectivity index (χ2v) is 9.41. The van der Waals surface area contributed by atoms with Gasteiger partial charge in [-0.15, -0.1) is 0 Å². The van der Waals surface area contributed by atoms with Crippen LogP contribution >= 0.6 is 11.3 Å². The van der Waals surface area contributed by atoms with Gasteiger partial charge in [0.1, 0.15) is 5.75 Å². The van der Waals surface area contributed by atoms with Gasteiger partial charge in [-0.2, -0.15) is 0 Å². The number of rotatable bonds is 10. The summed E-state index contributed by atoms with van der Waals surface area (Å²) in [4.78, 5) is 42.7. The number of carboxylic acid groups (broad SMARTS) is 1. The van der Waals surface area contributed by atoms with Gasteiger partial charge in [-0.3, -0.25) is 9.36 Å². The molecule has 0 fully saturated rings. The van der Waals surface area contributed by atoms with Crippen molar-refractivity contribution in [3.63, 3.8) is 0 Å². The van der Waals surface area contributed by atoms with Gasteiger partial charge in [0.05, 0.1) is 42.2 Å². The van der Waals surface area contributed by atoms with Crippen molar-refractivity contribution >= 4 is 29.4 Å². The number of benzene rings is 2. The molecular weight excluding hydrogens is 524 g/mol. The number of aromatic nitrogens is 1. The number of thiazole rings is 1. The maximum absolute atomic E-state index is 13.8. The van der Waals surface area contributed by atoms with Crippen LogP contribution < -0.4 is 29.1 Å². The number of fused-ring (bicyclic) bond motifs is 1. The summed E-state index contributed by atoms with van der Waals surface area (Å²) in [5.41, 5.74) is 1.80. The molecule has 2 heterocycles. The Morgan fingerprint density at radius 3 is 2.46 bits per heavy atom. The maximum atomic E-state index is 13.8. The SMILES string of the molecule is CCOC(=O)C1=C(C)N=c2s/c(=C/c3ccc(OCC(=O)O)c(OC)c3)c(=O)n2[C@H]1c1ccc(OCC)cc1. The van der Waals surface area contributed by atoms with Gasteiger partial charge < -0.3 is 24.1 Å². The largest absolute Gasteiger partial charge is 0.494 e. The van der Waals surface area contributed by atoms with Crippen LogP contribution in [0.1, 0.15) is 37.9 Å². The van der Waals surface area contributed by atoms with E-state index in [1.165, 1.54) is 23.0 Å². The van der Waals surface area contributed by atoms with Gasteiger partial charge in [-0.25, -0.2) is 14.6 Å². The Hall–Kier alpha value is -4.38. The first-order valence-corrected chi connectivity index (χ1v) is 13.0. The zero-order valence-corrected chi connectivity index (χ0v) is 22.7. The Kier molecular flexibility index (Phi) is 8.50. The summed E-state index contributed by atoms with van der Waals surface area (Å²) >= 11 is 1.20. The quantitative estimate of drug-likeness (QED) is 0.381. The van der Waals surface area contributed by atoms with Crippen molar-refractivity contribution in [2.24, 2.45) is 4.99 Å². The van der Waals surface area contributed by atoms with Crippen LogP contribution in [-0.2, 0) is 14.3 Å². The lowest BCUT2D eigenvalue weighted by molar-refractivity contribution is -0.140. The lowest BCUT2D eigenvalue weighted by atomic mass is 9.96. The molecule has 0 amide bonds. The molecule has 0 saturated carbocycles. The van der Waals surface area contributed by atoms with Crippen molar-refractivity contribution < 1.29 is 33.6 Å². The second kappa shape index (κ2) is 12.0. The van der Waals surface area contributed by atoms with Gasteiger partial charge in [0.25, 0.3) is 5.56 Å². The van der Waals surface area contributed by atoms with Crippen LogP contribution in [-0.4, -0.2) is 48.5 Å². The number of ether oxygens (including phenoxy) is 4. The van der Waals surface area contributed by atoms with Gasteiger partial charge in [-0.05, 0) is 62.2 Å². The third kappa shape index (κ3) is 5.88.